The largest absolute Gasteiger partial charge is 0.388 e. The number of aryl methyl sites for hydroxylation is 2. The first-order valence-electron chi connectivity index (χ1n) is 9.22. The molecule has 4 rings (SSSR count). The molecule has 1 fully saturated rings. The van der Waals surface area contributed by atoms with Gasteiger partial charge in [-0.25, -0.2) is 4.98 Å². The molecule has 0 saturated carbocycles. The van der Waals surface area contributed by atoms with Gasteiger partial charge in [0, 0.05) is 24.3 Å². The van der Waals surface area contributed by atoms with E-state index < -0.39 is 0 Å². The number of aromatic nitrogens is 2. The number of aliphatic hydroxyl groups is 1. The van der Waals surface area contributed by atoms with Crippen molar-refractivity contribution in [2.45, 2.75) is 20.5 Å². The molecular formula is C21H22N4O3. The summed E-state index contributed by atoms with van der Waals surface area (Å²) >= 11 is 0. The molecule has 1 aliphatic rings. The highest BCUT2D eigenvalue weighted by molar-refractivity contribution is 6.02. The second-order valence-electron chi connectivity index (χ2n) is 7.19. The number of hydrogen-bond donors (Lipinski definition) is 2. The number of aromatic amines is 1. The fourth-order valence-electron chi connectivity index (χ4n) is 3.68. The van der Waals surface area contributed by atoms with E-state index in [1.165, 1.54) is 0 Å². The Bertz CT molecular complexity index is 1050. The molecule has 0 bridgehead atoms. The van der Waals surface area contributed by atoms with Crippen molar-refractivity contribution in [2.75, 3.05) is 24.5 Å². The Morgan fingerprint density at radius 3 is 2.57 bits per heavy atom. The fraction of sp³-hybridized carbons (Fsp3) is 0.286. The number of rotatable bonds is 3. The van der Waals surface area contributed by atoms with Gasteiger partial charge in [0.25, 0.3) is 5.91 Å². The summed E-state index contributed by atoms with van der Waals surface area (Å²) in [6, 6.07) is 11.2. The van der Waals surface area contributed by atoms with E-state index in [0.717, 1.165) is 16.8 Å². The summed E-state index contributed by atoms with van der Waals surface area (Å²) in [6.45, 7) is 4.82. The van der Waals surface area contributed by atoms with E-state index in [1.54, 1.807) is 28.0 Å². The van der Waals surface area contributed by atoms with Crippen molar-refractivity contribution in [3.63, 3.8) is 0 Å². The number of amides is 2. The number of benzene rings is 2. The molecule has 144 valence electrons. The molecule has 1 saturated heterocycles. The van der Waals surface area contributed by atoms with Crippen molar-refractivity contribution in [2.24, 2.45) is 0 Å². The molecule has 28 heavy (non-hydrogen) atoms. The van der Waals surface area contributed by atoms with Crippen LogP contribution in [0.1, 0.15) is 27.3 Å². The van der Waals surface area contributed by atoms with Gasteiger partial charge in [0.15, 0.2) is 0 Å². The maximum absolute atomic E-state index is 12.9. The monoisotopic (exact) mass is 378 g/mol. The minimum atomic E-state index is -0.188. The van der Waals surface area contributed by atoms with Gasteiger partial charge in [-0.15, -0.1) is 0 Å². The molecule has 1 aromatic heterocycles. The lowest BCUT2D eigenvalue weighted by molar-refractivity contribution is -0.120. The summed E-state index contributed by atoms with van der Waals surface area (Å²) in [6.07, 6.45) is 0. The highest BCUT2D eigenvalue weighted by atomic mass is 16.3. The van der Waals surface area contributed by atoms with Crippen LogP contribution in [0.2, 0.25) is 0 Å². The van der Waals surface area contributed by atoms with Gasteiger partial charge in [-0.2, -0.15) is 0 Å². The molecule has 2 amide bonds. The quantitative estimate of drug-likeness (QED) is 0.731. The van der Waals surface area contributed by atoms with E-state index in [-0.39, 0.29) is 25.0 Å². The van der Waals surface area contributed by atoms with Crippen LogP contribution in [0.25, 0.3) is 11.0 Å². The SMILES string of the molecule is Cc1cc(C)cc(N2CCN(C(=O)c3ccc4nc(CO)[nH]c4c3)CC2=O)c1. The van der Waals surface area contributed by atoms with Crippen molar-refractivity contribution in [3.05, 3.63) is 58.9 Å². The average molecular weight is 378 g/mol. The average Bonchev–Trinajstić information content (AvgIpc) is 3.09. The zero-order valence-electron chi connectivity index (χ0n) is 15.9. The molecule has 1 aliphatic heterocycles. The Kier molecular flexibility index (Phi) is 4.60. The normalized spacial score (nSPS) is 14.8. The molecule has 2 N–H and O–H groups in total. The minimum Gasteiger partial charge on any atom is -0.388 e. The zero-order chi connectivity index (χ0) is 19.8. The van der Waals surface area contributed by atoms with Crippen LogP contribution in [-0.4, -0.2) is 51.4 Å². The van der Waals surface area contributed by atoms with Crippen molar-refractivity contribution in [1.29, 1.82) is 0 Å². The van der Waals surface area contributed by atoms with Gasteiger partial charge in [-0.1, -0.05) is 6.07 Å². The highest BCUT2D eigenvalue weighted by Crippen LogP contribution is 2.22. The highest BCUT2D eigenvalue weighted by Gasteiger charge is 2.29. The number of aliphatic hydroxyl groups excluding tert-OH is 1. The first-order chi connectivity index (χ1) is 13.4. The Hall–Kier alpha value is -3.19. The first kappa shape index (κ1) is 18.2. The van der Waals surface area contributed by atoms with Gasteiger partial charge < -0.3 is 19.9 Å². The summed E-state index contributed by atoms with van der Waals surface area (Å²) in [5.74, 6) is 0.182. The molecular weight excluding hydrogens is 356 g/mol. The topological polar surface area (TPSA) is 89.5 Å². The smallest absolute Gasteiger partial charge is 0.254 e. The van der Waals surface area contributed by atoms with E-state index in [2.05, 4.69) is 16.0 Å². The van der Waals surface area contributed by atoms with E-state index in [9.17, 15) is 14.7 Å². The molecule has 3 aromatic rings. The van der Waals surface area contributed by atoms with Gasteiger partial charge >= 0.3 is 0 Å². The maximum Gasteiger partial charge on any atom is 0.254 e. The van der Waals surface area contributed by atoms with Crippen molar-refractivity contribution < 1.29 is 14.7 Å². The Morgan fingerprint density at radius 1 is 1.14 bits per heavy atom. The van der Waals surface area contributed by atoms with Crippen LogP contribution in [0.4, 0.5) is 5.69 Å². The van der Waals surface area contributed by atoms with Crippen LogP contribution in [0.3, 0.4) is 0 Å². The van der Waals surface area contributed by atoms with Gasteiger partial charge in [-0.05, 0) is 55.3 Å². The number of nitrogens with one attached hydrogen (secondary N) is 1. The van der Waals surface area contributed by atoms with Crippen LogP contribution in [-0.2, 0) is 11.4 Å². The predicted octanol–water partition coefficient (Wildman–Crippen LogP) is 2.16. The Labute approximate surface area is 162 Å². The molecule has 2 heterocycles. The van der Waals surface area contributed by atoms with Crippen LogP contribution in [0.15, 0.2) is 36.4 Å². The molecule has 0 spiro atoms. The molecule has 0 aliphatic carbocycles. The fourth-order valence-corrected chi connectivity index (χ4v) is 3.68. The number of nitrogens with zero attached hydrogens (tertiary/aromatic N) is 3. The van der Waals surface area contributed by atoms with Crippen LogP contribution >= 0.6 is 0 Å². The molecule has 0 radical (unpaired) electrons. The van der Waals surface area contributed by atoms with Crippen molar-refractivity contribution in [1.82, 2.24) is 14.9 Å². The summed E-state index contributed by atoms with van der Waals surface area (Å²) in [7, 11) is 0. The van der Waals surface area contributed by atoms with Gasteiger partial charge in [0.05, 0.1) is 11.0 Å². The van der Waals surface area contributed by atoms with E-state index >= 15 is 0 Å². The summed E-state index contributed by atoms with van der Waals surface area (Å²) in [4.78, 5) is 36.1. The first-order valence-corrected chi connectivity index (χ1v) is 9.22. The number of H-pyrrole nitrogens is 1. The third kappa shape index (κ3) is 3.36. The second kappa shape index (κ2) is 7.09. The van der Waals surface area contributed by atoms with Gasteiger partial charge in [0.1, 0.15) is 19.0 Å². The third-order valence-electron chi connectivity index (χ3n) is 4.95. The van der Waals surface area contributed by atoms with Crippen LogP contribution in [0.5, 0.6) is 0 Å². The van der Waals surface area contributed by atoms with Crippen molar-refractivity contribution in [3.8, 4) is 0 Å². The lowest BCUT2D eigenvalue weighted by Gasteiger charge is -2.34. The Morgan fingerprint density at radius 2 is 1.89 bits per heavy atom. The van der Waals surface area contributed by atoms with E-state index in [4.69, 9.17) is 0 Å². The number of piperazine rings is 1. The van der Waals surface area contributed by atoms with E-state index in [0.29, 0.717) is 35.5 Å². The maximum atomic E-state index is 12.9. The lowest BCUT2D eigenvalue weighted by Crippen LogP contribution is -2.52. The predicted molar refractivity (Wildman–Crippen MR) is 106 cm³/mol. The molecule has 2 aromatic carbocycles. The van der Waals surface area contributed by atoms with Crippen molar-refractivity contribution >= 4 is 28.5 Å². The molecule has 7 nitrogen and oxygen atoms in total. The molecule has 0 atom stereocenters. The van der Waals surface area contributed by atoms with E-state index in [1.807, 2.05) is 26.0 Å². The Balaban J connectivity index is 1.52. The third-order valence-corrected chi connectivity index (χ3v) is 4.95. The van der Waals surface area contributed by atoms with Gasteiger partial charge in [-0.3, -0.25) is 9.59 Å². The number of carbonyl (C=O) groups is 2. The minimum absolute atomic E-state index is 0.0503. The molecule has 0 unspecified atom stereocenters. The number of fused-ring (bicyclic) bond motifs is 1. The van der Waals surface area contributed by atoms with Gasteiger partial charge in [0.2, 0.25) is 5.91 Å². The van der Waals surface area contributed by atoms with Crippen LogP contribution in [0, 0.1) is 13.8 Å². The number of imidazole rings is 1. The lowest BCUT2D eigenvalue weighted by atomic mass is 10.1. The number of carbonyl (C=O) groups excluding carboxylic acids is 2. The second-order valence-corrected chi connectivity index (χ2v) is 7.19. The standard InChI is InChI=1S/C21H22N4O3/c1-13-7-14(2)9-16(8-13)25-6-5-24(11-20(25)27)21(28)15-3-4-17-18(10-15)23-19(12-26)22-17/h3-4,7-10,26H,5-6,11-12H2,1-2H3,(H,22,23). The number of hydrogen-bond acceptors (Lipinski definition) is 4. The number of anilines is 1. The summed E-state index contributed by atoms with van der Waals surface area (Å²) < 4.78 is 0. The summed E-state index contributed by atoms with van der Waals surface area (Å²) in [5, 5.41) is 9.19. The zero-order valence-corrected chi connectivity index (χ0v) is 15.9. The van der Waals surface area contributed by atoms with Crippen LogP contribution < -0.4 is 4.90 Å². The summed E-state index contributed by atoms with van der Waals surface area (Å²) in [5.41, 5.74) is 4.97. The molecule has 7 heteroatoms.